The zero-order valence-corrected chi connectivity index (χ0v) is 9.67. The standard InChI is InChI=1S/C15H15NO/c1-2-8-13(9-3-1)17-14-10-4-6-12-7-5-11-16-15(12)14/h2,4-8,10-11,13H,1,3,9H2. The number of ether oxygens (including phenoxy) is 1. The minimum Gasteiger partial charge on any atom is -0.484 e. The van der Waals surface area contributed by atoms with Crippen LogP contribution < -0.4 is 4.74 Å². The number of rotatable bonds is 2. The van der Waals surface area contributed by atoms with Crippen LogP contribution in [0.5, 0.6) is 5.75 Å². The molecule has 0 saturated carbocycles. The minimum atomic E-state index is 0.205. The van der Waals surface area contributed by atoms with Crippen LogP contribution in [-0.2, 0) is 0 Å². The second-order valence-corrected chi connectivity index (χ2v) is 4.35. The van der Waals surface area contributed by atoms with Gasteiger partial charge in [-0.1, -0.05) is 24.3 Å². The van der Waals surface area contributed by atoms with Crippen molar-refractivity contribution < 1.29 is 4.74 Å². The molecule has 0 fully saturated rings. The third-order valence-electron chi connectivity index (χ3n) is 3.08. The molecule has 1 heterocycles. The van der Waals surface area contributed by atoms with Crippen molar-refractivity contribution in [3.63, 3.8) is 0 Å². The van der Waals surface area contributed by atoms with E-state index in [9.17, 15) is 0 Å². The third kappa shape index (κ3) is 2.16. The first-order valence-electron chi connectivity index (χ1n) is 6.10. The number of nitrogens with zero attached hydrogens (tertiary/aromatic N) is 1. The van der Waals surface area contributed by atoms with Crippen molar-refractivity contribution in [2.45, 2.75) is 25.4 Å². The molecule has 86 valence electrons. The van der Waals surface area contributed by atoms with Crippen LogP contribution in [0.25, 0.3) is 10.9 Å². The molecule has 1 aromatic carbocycles. The smallest absolute Gasteiger partial charge is 0.146 e. The average Bonchev–Trinajstić information content (AvgIpc) is 2.40. The van der Waals surface area contributed by atoms with E-state index in [2.05, 4.69) is 29.3 Å². The van der Waals surface area contributed by atoms with Gasteiger partial charge in [-0.15, -0.1) is 0 Å². The van der Waals surface area contributed by atoms with E-state index in [0.717, 1.165) is 23.1 Å². The molecule has 1 aromatic heterocycles. The molecule has 3 rings (SSSR count). The summed E-state index contributed by atoms with van der Waals surface area (Å²) >= 11 is 0. The summed E-state index contributed by atoms with van der Waals surface area (Å²) in [6.07, 6.45) is 9.85. The van der Waals surface area contributed by atoms with Crippen molar-refractivity contribution in [2.24, 2.45) is 0 Å². The Morgan fingerprint density at radius 3 is 3.00 bits per heavy atom. The van der Waals surface area contributed by atoms with Crippen molar-refractivity contribution in [1.82, 2.24) is 4.98 Å². The Balaban J connectivity index is 1.94. The molecule has 0 saturated heterocycles. The predicted octanol–water partition coefficient (Wildman–Crippen LogP) is 3.72. The van der Waals surface area contributed by atoms with Crippen molar-refractivity contribution in [3.8, 4) is 5.75 Å². The molecule has 1 aliphatic rings. The number of para-hydroxylation sites is 1. The number of hydrogen-bond donors (Lipinski definition) is 0. The fourth-order valence-corrected chi connectivity index (χ4v) is 2.21. The molecule has 0 aliphatic heterocycles. The van der Waals surface area contributed by atoms with E-state index >= 15 is 0 Å². The van der Waals surface area contributed by atoms with E-state index in [1.165, 1.54) is 12.8 Å². The maximum absolute atomic E-state index is 6.02. The van der Waals surface area contributed by atoms with Gasteiger partial charge in [-0.25, -0.2) is 0 Å². The van der Waals surface area contributed by atoms with Gasteiger partial charge in [-0.3, -0.25) is 4.98 Å². The van der Waals surface area contributed by atoms with Crippen LogP contribution in [0.3, 0.4) is 0 Å². The summed E-state index contributed by atoms with van der Waals surface area (Å²) in [6, 6.07) is 10.1. The normalized spacial score (nSPS) is 19.4. The Hall–Kier alpha value is -1.83. The molecule has 0 radical (unpaired) electrons. The Labute approximate surface area is 101 Å². The molecule has 1 unspecified atom stereocenters. The van der Waals surface area contributed by atoms with Crippen LogP contribution in [-0.4, -0.2) is 11.1 Å². The fraction of sp³-hybridized carbons (Fsp3) is 0.267. The van der Waals surface area contributed by atoms with E-state index in [1.54, 1.807) is 0 Å². The van der Waals surface area contributed by atoms with Gasteiger partial charge in [-0.2, -0.15) is 0 Å². The first-order valence-corrected chi connectivity index (χ1v) is 6.10. The highest BCUT2D eigenvalue weighted by Gasteiger charge is 2.11. The average molecular weight is 225 g/mol. The molecule has 1 aliphatic carbocycles. The summed E-state index contributed by atoms with van der Waals surface area (Å²) in [5.41, 5.74) is 0.953. The quantitative estimate of drug-likeness (QED) is 0.727. The van der Waals surface area contributed by atoms with Gasteiger partial charge in [0, 0.05) is 11.6 Å². The Morgan fingerprint density at radius 2 is 2.12 bits per heavy atom. The molecule has 0 amide bonds. The SMILES string of the molecule is C1=CC(Oc2cccc3cccnc23)CCC1. The lowest BCUT2D eigenvalue weighted by molar-refractivity contribution is 0.232. The van der Waals surface area contributed by atoms with Gasteiger partial charge in [0.05, 0.1) is 0 Å². The summed E-state index contributed by atoms with van der Waals surface area (Å²) in [6.45, 7) is 0. The van der Waals surface area contributed by atoms with Gasteiger partial charge in [0.15, 0.2) is 0 Å². The summed E-state index contributed by atoms with van der Waals surface area (Å²) in [5, 5.41) is 1.13. The monoisotopic (exact) mass is 225 g/mol. The van der Waals surface area contributed by atoms with Crippen LogP contribution in [0.1, 0.15) is 19.3 Å². The minimum absolute atomic E-state index is 0.205. The highest BCUT2D eigenvalue weighted by atomic mass is 16.5. The maximum atomic E-state index is 6.02. The lowest BCUT2D eigenvalue weighted by Gasteiger charge is -2.19. The topological polar surface area (TPSA) is 22.1 Å². The molecule has 17 heavy (non-hydrogen) atoms. The third-order valence-corrected chi connectivity index (χ3v) is 3.08. The van der Waals surface area contributed by atoms with Crippen molar-refractivity contribution in [1.29, 1.82) is 0 Å². The lowest BCUT2D eigenvalue weighted by atomic mass is 10.1. The van der Waals surface area contributed by atoms with Gasteiger partial charge in [0.2, 0.25) is 0 Å². The molecule has 1 atom stereocenters. The summed E-state index contributed by atoms with van der Waals surface area (Å²) in [4.78, 5) is 4.40. The zero-order chi connectivity index (χ0) is 11.5. The van der Waals surface area contributed by atoms with Gasteiger partial charge in [0.25, 0.3) is 0 Å². The van der Waals surface area contributed by atoms with Gasteiger partial charge < -0.3 is 4.74 Å². The van der Waals surface area contributed by atoms with E-state index < -0.39 is 0 Å². The number of aromatic nitrogens is 1. The highest BCUT2D eigenvalue weighted by Crippen LogP contribution is 2.26. The van der Waals surface area contributed by atoms with E-state index in [0.29, 0.717) is 0 Å². The first kappa shape index (κ1) is 10.3. The zero-order valence-electron chi connectivity index (χ0n) is 9.67. The first-order chi connectivity index (χ1) is 8.43. The number of allylic oxidation sites excluding steroid dienone is 1. The van der Waals surface area contributed by atoms with Crippen LogP contribution in [0.15, 0.2) is 48.7 Å². The molecule has 0 spiro atoms. The molecular formula is C15H15NO. The maximum Gasteiger partial charge on any atom is 0.146 e. The second-order valence-electron chi connectivity index (χ2n) is 4.35. The van der Waals surface area contributed by atoms with E-state index in [1.807, 2.05) is 24.4 Å². The van der Waals surface area contributed by atoms with Gasteiger partial charge >= 0.3 is 0 Å². The summed E-state index contributed by atoms with van der Waals surface area (Å²) < 4.78 is 6.02. The van der Waals surface area contributed by atoms with Crippen LogP contribution in [0, 0.1) is 0 Å². The highest BCUT2D eigenvalue weighted by molar-refractivity contribution is 5.84. The van der Waals surface area contributed by atoms with E-state index in [-0.39, 0.29) is 6.10 Å². The van der Waals surface area contributed by atoms with Crippen molar-refractivity contribution >= 4 is 10.9 Å². The van der Waals surface area contributed by atoms with Gasteiger partial charge in [0.1, 0.15) is 17.4 Å². The largest absolute Gasteiger partial charge is 0.484 e. The number of pyridine rings is 1. The number of hydrogen-bond acceptors (Lipinski definition) is 2. The van der Waals surface area contributed by atoms with Crippen LogP contribution in [0.2, 0.25) is 0 Å². The Kier molecular flexibility index (Phi) is 2.78. The molecule has 2 heteroatoms. The van der Waals surface area contributed by atoms with Crippen LogP contribution in [0.4, 0.5) is 0 Å². The number of benzene rings is 1. The summed E-state index contributed by atoms with van der Waals surface area (Å²) in [7, 11) is 0. The molecule has 2 aromatic rings. The van der Waals surface area contributed by atoms with Crippen molar-refractivity contribution in [2.75, 3.05) is 0 Å². The van der Waals surface area contributed by atoms with Gasteiger partial charge in [-0.05, 0) is 37.5 Å². The fourth-order valence-electron chi connectivity index (χ4n) is 2.21. The number of fused-ring (bicyclic) bond motifs is 1. The second kappa shape index (κ2) is 4.58. The summed E-state index contributed by atoms with van der Waals surface area (Å²) in [5.74, 6) is 0.889. The molecular weight excluding hydrogens is 210 g/mol. The van der Waals surface area contributed by atoms with Crippen molar-refractivity contribution in [3.05, 3.63) is 48.7 Å². The molecule has 0 N–H and O–H groups in total. The van der Waals surface area contributed by atoms with Crippen LogP contribution >= 0.6 is 0 Å². The predicted molar refractivity (Wildman–Crippen MR) is 69.2 cm³/mol. The molecule has 2 nitrogen and oxygen atoms in total. The van der Waals surface area contributed by atoms with E-state index in [4.69, 9.17) is 4.74 Å². The molecule has 0 bridgehead atoms. The Bertz CT molecular complexity index is 542. The lowest BCUT2D eigenvalue weighted by Crippen LogP contribution is -2.15. The Morgan fingerprint density at radius 1 is 1.18 bits per heavy atom.